The van der Waals surface area contributed by atoms with E-state index in [1.165, 1.54) is 16.9 Å². The van der Waals surface area contributed by atoms with E-state index in [4.69, 9.17) is 0 Å². The molecule has 25 heavy (non-hydrogen) atoms. The molecule has 0 aliphatic heterocycles. The van der Waals surface area contributed by atoms with Crippen LogP contribution in [0, 0.1) is 6.92 Å². The molecule has 2 amide bonds. The van der Waals surface area contributed by atoms with Gasteiger partial charge >= 0.3 is 0 Å². The van der Waals surface area contributed by atoms with E-state index in [2.05, 4.69) is 32.3 Å². The van der Waals surface area contributed by atoms with Gasteiger partial charge in [-0.25, -0.2) is 4.98 Å². The minimum Gasteiger partial charge on any atom is -0.266 e. The summed E-state index contributed by atoms with van der Waals surface area (Å²) in [6.45, 7) is 3.77. The molecule has 2 N–H and O–H groups in total. The zero-order chi connectivity index (χ0) is 17.8. The van der Waals surface area contributed by atoms with Gasteiger partial charge < -0.3 is 0 Å². The molecule has 0 fully saturated rings. The van der Waals surface area contributed by atoms with Crippen LogP contribution in [0.4, 0.5) is 0 Å². The van der Waals surface area contributed by atoms with Gasteiger partial charge in [-0.2, -0.15) is 0 Å². The standard InChI is InChI=1S/C16H15N5O2S2/c1-3-10-4-6-11(7-5-10)16-17-12(8-24-16)14(22)19-20-15(23)13-9(2)18-21-25-13/h4-8H,3H2,1-2H3,(H,19,22)(H,20,23). The smallest absolute Gasteiger partial charge is 0.266 e. The third-order valence-electron chi connectivity index (χ3n) is 3.49. The highest BCUT2D eigenvalue weighted by Gasteiger charge is 2.16. The largest absolute Gasteiger partial charge is 0.289 e. The van der Waals surface area contributed by atoms with E-state index in [9.17, 15) is 9.59 Å². The Morgan fingerprint density at radius 3 is 2.48 bits per heavy atom. The second-order valence-electron chi connectivity index (χ2n) is 5.18. The van der Waals surface area contributed by atoms with Crippen molar-refractivity contribution in [3.05, 3.63) is 51.5 Å². The van der Waals surface area contributed by atoms with Crippen LogP contribution in [0.1, 0.15) is 38.3 Å². The molecule has 0 saturated carbocycles. The number of hydrogen-bond acceptors (Lipinski definition) is 7. The summed E-state index contributed by atoms with van der Waals surface area (Å²) in [6.07, 6.45) is 0.972. The molecule has 3 rings (SSSR count). The Hall–Kier alpha value is -2.65. The van der Waals surface area contributed by atoms with Crippen LogP contribution in [-0.4, -0.2) is 26.4 Å². The van der Waals surface area contributed by atoms with E-state index in [1.807, 2.05) is 24.3 Å². The average molecular weight is 373 g/mol. The van der Waals surface area contributed by atoms with Crippen LogP contribution in [0.15, 0.2) is 29.6 Å². The minimum atomic E-state index is -0.476. The Bertz CT molecular complexity index is 901. The van der Waals surface area contributed by atoms with Crippen LogP contribution in [0.25, 0.3) is 10.6 Å². The van der Waals surface area contributed by atoms with Gasteiger partial charge in [0.25, 0.3) is 11.8 Å². The molecule has 0 saturated heterocycles. The Morgan fingerprint density at radius 1 is 1.12 bits per heavy atom. The predicted octanol–water partition coefficient (Wildman–Crippen LogP) is 2.61. The van der Waals surface area contributed by atoms with Crippen LogP contribution in [0.3, 0.4) is 0 Å². The lowest BCUT2D eigenvalue weighted by atomic mass is 10.1. The molecule has 3 aromatic rings. The van der Waals surface area contributed by atoms with Crippen molar-refractivity contribution in [2.75, 3.05) is 0 Å². The van der Waals surface area contributed by atoms with Crippen LogP contribution >= 0.6 is 22.9 Å². The molecule has 0 bridgehead atoms. The van der Waals surface area contributed by atoms with Crippen molar-refractivity contribution >= 4 is 34.7 Å². The molecule has 0 aliphatic rings. The van der Waals surface area contributed by atoms with Crippen LogP contribution in [-0.2, 0) is 6.42 Å². The highest BCUT2D eigenvalue weighted by molar-refractivity contribution is 7.13. The Morgan fingerprint density at radius 2 is 1.84 bits per heavy atom. The summed E-state index contributed by atoms with van der Waals surface area (Å²) in [7, 11) is 0. The van der Waals surface area contributed by atoms with Gasteiger partial charge in [0.2, 0.25) is 0 Å². The van der Waals surface area contributed by atoms with E-state index in [1.54, 1.807) is 12.3 Å². The van der Waals surface area contributed by atoms with Crippen molar-refractivity contribution in [2.24, 2.45) is 0 Å². The number of nitrogens with zero attached hydrogens (tertiary/aromatic N) is 3. The molecule has 128 valence electrons. The molecule has 0 spiro atoms. The van der Waals surface area contributed by atoms with E-state index in [0.29, 0.717) is 10.6 Å². The second kappa shape index (κ2) is 7.49. The number of aromatic nitrogens is 3. The van der Waals surface area contributed by atoms with Gasteiger partial charge in [-0.05, 0) is 30.4 Å². The highest BCUT2D eigenvalue weighted by atomic mass is 32.1. The first-order valence-corrected chi connectivity index (χ1v) is 9.18. The molecule has 0 aliphatic carbocycles. The summed E-state index contributed by atoms with van der Waals surface area (Å²) in [4.78, 5) is 28.8. The van der Waals surface area contributed by atoms with E-state index in [0.717, 1.165) is 28.5 Å². The quantitative estimate of drug-likeness (QED) is 0.685. The normalized spacial score (nSPS) is 10.5. The summed E-state index contributed by atoms with van der Waals surface area (Å²) in [5.74, 6) is -0.928. The number of amides is 2. The van der Waals surface area contributed by atoms with Crippen molar-refractivity contribution < 1.29 is 9.59 Å². The molecule has 2 heterocycles. The first-order valence-electron chi connectivity index (χ1n) is 7.53. The first kappa shape index (κ1) is 17.2. The van der Waals surface area contributed by atoms with Crippen molar-refractivity contribution in [3.8, 4) is 10.6 Å². The molecule has 7 nitrogen and oxygen atoms in total. The number of thiazole rings is 1. The fourth-order valence-electron chi connectivity index (χ4n) is 2.07. The van der Waals surface area contributed by atoms with Gasteiger partial charge in [0.1, 0.15) is 15.6 Å². The fourth-order valence-corrected chi connectivity index (χ4v) is 3.43. The zero-order valence-electron chi connectivity index (χ0n) is 13.6. The monoisotopic (exact) mass is 373 g/mol. The third-order valence-corrected chi connectivity index (χ3v) is 5.21. The maximum Gasteiger partial charge on any atom is 0.289 e. The number of benzene rings is 1. The summed E-state index contributed by atoms with van der Waals surface area (Å²) >= 11 is 2.35. The first-order chi connectivity index (χ1) is 12.1. The van der Waals surface area contributed by atoms with Crippen LogP contribution in [0.5, 0.6) is 0 Å². The molecule has 1 aromatic carbocycles. The second-order valence-corrected chi connectivity index (χ2v) is 6.80. The number of rotatable bonds is 4. The number of carbonyl (C=O) groups is 2. The molecule has 0 atom stereocenters. The summed E-state index contributed by atoms with van der Waals surface area (Å²) in [6, 6.07) is 8.06. The van der Waals surface area contributed by atoms with Gasteiger partial charge in [-0.1, -0.05) is 35.7 Å². The zero-order valence-corrected chi connectivity index (χ0v) is 15.2. The van der Waals surface area contributed by atoms with Gasteiger partial charge in [-0.3, -0.25) is 20.4 Å². The SMILES string of the molecule is CCc1ccc(-c2nc(C(=O)NNC(=O)c3snnc3C)cs2)cc1. The molecule has 9 heteroatoms. The van der Waals surface area contributed by atoms with Gasteiger partial charge in [0, 0.05) is 10.9 Å². The summed E-state index contributed by atoms with van der Waals surface area (Å²) in [5, 5.41) is 6.16. The van der Waals surface area contributed by atoms with E-state index in [-0.39, 0.29) is 5.69 Å². The molecular weight excluding hydrogens is 358 g/mol. The van der Waals surface area contributed by atoms with Crippen LogP contribution < -0.4 is 10.9 Å². The van der Waals surface area contributed by atoms with Crippen LogP contribution in [0.2, 0.25) is 0 Å². The fraction of sp³-hybridized carbons (Fsp3) is 0.188. The van der Waals surface area contributed by atoms with E-state index >= 15 is 0 Å². The van der Waals surface area contributed by atoms with Crippen molar-refractivity contribution in [1.29, 1.82) is 0 Å². The number of nitrogens with one attached hydrogen (secondary N) is 2. The number of hydrogen-bond donors (Lipinski definition) is 2. The maximum absolute atomic E-state index is 12.1. The average Bonchev–Trinajstić information content (AvgIpc) is 3.28. The van der Waals surface area contributed by atoms with Gasteiger partial charge in [0.15, 0.2) is 0 Å². The van der Waals surface area contributed by atoms with Crippen molar-refractivity contribution in [2.45, 2.75) is 20.3 Å². The summed E-state index contributed by atoms with van der Waals surface area (Å²) in [5.41, 5.74) is 7.66. The molecule has 2 aromatic heterocycles. The highest BCUT2D eigenvalue weighted by Crippen LogP contribution is 2.24. The lowest BCUT2D eigenvalue weighted by Gasteiger charge is -2.04. The maximum atomic E-state index is 12.1. The number of hydrazine groups is 1. The molecule has 0 unspecified atom stereocenters. The van der Waals surface area contributed by atoms with Crippen molar-refractivity contribution in [3.63, 3.8) is 0 Å². The number of aryl methyl sites for hydroxylation is 2. The third kappa shape index (κ3) is 3.89. The topological polar surface area (TPSA) is 96.9 Å². The van der Waals surface area contributed by atoms with Gasteiger partial charge in [-0.15, -0.1) is 16.4 Å². The number of carbonyl (C=O) groups excluding carboxylic acids is 2. The lowest BCUT2D eigenvalue weighted by molar-refractivity contribution is 0.0846. The van der Waals surface area contributed by atoms with Crippen molar-refractivity contribution in [1.82, 2.24) is 25.4 Å². The Balaban J connectivity index is 1.64. The van der Waals surface area contributed by atoms with Gasteiger partial charge in [0.05, 0.1) is 5.69 Å². The Labute approximate surface area is 152 Å². The Kier molecular flexibility index (Phi) is 5.15. The molecule has 0 radical (unpaired) electrons. The van der Waals surface area contributed by atoms with E-state index < -0.39 is 11.8 Å². The lowest BCUT2D eigenvalue weighted by Crippen LogP contribution is -2.41. The summed E-state index contributed by atoms with van der Waals surface area (Å²) < 4.78 is 3.68. The molecular formula is C16H15N5O2S2. The minimum absolute atomic E-state index is 0.249. The predicted molar refractivity (Wildman–Crippen MR) is 96.5 cm³/mol.